The van der Waals surface area contributed by atoms with E-state index in [4.69, 9.17) is 5.11 Å². The molecule has 0 bridgehead atoms. The highest BCUT2D eigenvalue weighted by molar-refractivity contribution is 5.77. The highest BCUT2D eigenvalue weighted by atomic mass is 16.5. The molecule has 0 spiro atoms. The lowest BCUT2D eigenvalue weighted by Gasteiger charge is -2.17. The number of carbonyl (C=O) groups excluding carboxylic acids is 1. The van der Waals surface area contributed by atoms with E-state index in [0.29, 0.717) is 0 Å². The summed E-state index contributed by atoms with van der Waals surface area (Å²) in [5, 5.41) is 27.4. The number of urea groups is 1. The Morgan fingerprint density at radius 1 is 1.36 bits per heavy atom. The van der Waals surface area contributed by atoms with Gasteiger partial charge < -0.3 is 20.1 Å². The molecule has 14 heavy (non-hydrogen) atoms. The number of rotatable bonds is 4. The molecule has 7 nitrogen and oxygen atoms in total. The van der Waals surface area contributed by atoms with Gasteiger partial charge in [-0.3, -0.25) is 9.80 Å². The van der Waals surface area contributed by atoms with Crippen molar-refractivity contribution in [3.63, 3.8) is 0 Å². The smallest absolute Gasteiger partial charge is 0.326 e. The molecule has 3 N–H and O–H groups in total. The molecular formula is C7H14N2O5. The summed E-state index contributed by atoms with van der Waals surface area (Å²) in [7, 11) is 1.38. The summed E-state index contributed by atoms with van der Waals surface area (Å²) < 4.78 is 4.69. The van der Waals surface area contributed by atoms with Crippen LogP contribution in [0.15, 0.2) is 0 Å². The van der Waals surface area contributed by atoms with Gasteiger partial charge >= 0.3 is 6.03 Å². The number of hydrogen-bond acceptors (Lipinski definition) is 5. The van der Waals surface area contributed by atoms with Crippen molar-refractivity contribution < 1.29 is 24.9 Å². The predicted octanol–water partition coefficient (Wildman–Crippen LogP) is -2.04. The maximum absolute atomic E-state index is 11.4. The highest BCUT2D eigenvalue weighted by Crippen LogP contribution is 2.18. The summed E-state index contributed by atoms with van der Waals surface area (Å²) in [5.41, 5.74) is 0. The molecule has 7 heteroatoms. The topological polar surface area (TPSA) is 93.5 Å². The van der Waals surface area contributed by atoms with Crippen molar-refractivity contribution >= 4 is 6.03 Å². The number of hydrogen-bond donors (Lipinski definition) is 3. The Bertz CT molecular complexity index is 192. The van der Waals surface area contributed by atoms with Gasteiger partial charge in [0.1, 0.15) is 6.73 Å². The van der Waals surface area contributed by atoms with E-state index in [2.05, 4.69) is 4.74 Å². The molecule has 1 saturated heterocycles. The van der Waals surface area contributed by atoms with E-state index < -0.39 is 18.5 Å². The lowest BCUT2D eigenvalue weighted by Crippen LogP contribution is -2.38. The first-order valence-electron chi connectivity index (χ1n) is 4.16. The van der Waals surface area contributed by atoms with E-state index in [1.165, 1.54) is 7.11 Å². The molecule has 82 valence electrons. The molecule has 0 radical (unpaired) electrons. The summed E-state index contributed by atoms with van der Waals surface area (Å²) in [6, 6.07) is -0.555. The molecule has 0 aromatic carbocycles. The zero-order chi connectivity index (χ0) is 10.7. The minimum atomic E-state index is -1.32. The van der Waals surface area contributed by atoms with E-state index in [0.717, 1.165) is 9.80 Å². The Morgan fingerprint density at radius 3 is 2.43 bits per heavy atom. The largest absolute Gasteiger partial charge is 0.395 e. The van der Waals surface area contributed by atoms with E-state index >= 15 is 0 Å². The van der Waals surface area contributed by atoms with Gasteiger partial charge in [0.15, 0.2) is 12.5 Å². The number of amides is 2. The van der Waals surface area contributed by atoms with E-state index in [9.17, 15) is 15.0 Å². The first-order chi connectivity index (χ1) is 6.63. The molecule has 1 aliphatic rings. The second kappa shape index (κ2) is 4.56. The van der Waals surface area contributed by atoms with Crippen LogP contribution in [-0.4, -0.2) is 70.6 Å². The fourth-order valence-corrected chi connectivity index (χ4v) is 1.32. The molecule has 0 saturated carbocycles. The average molecular weight is 206 g/mol. The molecular weight excluding hydrogens is 192 g/mol. The number of methoxy groups -OCH3 is 1. The summed E-state index contributed by atoms with van der Waals surface area (Å²) in [4.78, 5) is 13.4. The van der Waals surface area contributed by atoms with Crippen molar-refractivity contribution in [3.05, 3.63) is 0 Å². The number of nitrogens with zero attached hydrogens (tertiary/aromatic N) is 2. The number of ether oxygens (including phenoxy) is 1. The summed E-state index contributed by atoms with van der Waals surface area (Å²) >= 11 is 0. The Labute approximate surface area is 81.1 Å². The SMILES string of the molecule is COCN1C(=O)N(CCO)C(O)C1O. The standard InChI is InChI=1S/C7H14N2O5/c1-14-4-9-6(12)5(11)8(2-3-10)7(9)13/h5-6,10-12H,2-4H2,1H3. The first-order valence-corrected chi connectivity index (χ1v) is 4.16. The van der Waals surface area contributed by atoms with Crippen molar-refractivity contribution in [2.45, 2.75) is 12.5 Å². The molecule has 0 aliphatic carbocycles. The maximum atomic E-state index is 11.4. The van der Waals surface area contributed by atoms with Crippen LogP contribution in [-0.2, 0) is 4.74 Å². The number of carbonyl (C=O) groups is 1. The number of aliphatic hydroxyl groups excluding tert-OH is 3. The van der Waals surface area contributed by atoms with Crippen LogP contribution >= 0.6 is 0 Å². The van der Waals surface area contributed by atoms with Crippen LogP contribution in [0, 0.1) is 0 Å². The van der Waals surface area contributed by atoms with Crippen molar-refractivity contribution in [2.24, 2.45) is 0 Å². The number of β-amino-alcohol motifs (C(OH)–C–C–N with tert-alkyl or cyclic N) is 1. The Kier molecular flexibility index (Phi) is 3.64. The van der Waals surface area contributed by atoms with Crippen LogP contribution in [0.5, 0.6) is 0 Å². The predicted molar refractivity (Wildman–Crippen MR) is 44.9 cm³/mol. The third-order valence-electron chi connectivity index (χ3n) is 2.01. The van der Waals surface area contributed by atoms with E-state index in [1.807, 2.05) is 0 Å². The summed E-state index contributed by atoms with van der Waals surface area (Å²) in [6.07, 6.45) is -2.63. The molecule has 1 fully saturated rings. The van der Waals surface area contributed by atoms with Crippen LogP contribution < -0.4 is 0 Å². The quantitative estimate of drug-likeness (QED) is 0.492. The van der Waals surface area contributed by atoms with Gasteiger partial charge in [-0.25, -0.2) is 4.79 Å². The first kappa shape index (κ1) is 11.2. The van der Waals surface area contributed by atoms with Crippen LogP contribution in [0.4, 0.5) is 4.79 Å². The van der Waals surface area contributed by atoms with Crippen LogP contribution in [0.3, 0.4) is 0 Å². The zero-order valence-electron chi connectivity index (χ0n) is 7.83. The van der Waals surface area contributed by atoms with Crippen molar-refractivity contribution in [2.75, 3.05) is 27.0 Å². The zero-order valence-corrected chi connectivity index (χ0v) is 7.83. The molecule has 2 unspecified atom stereocenters. The maximum Gasteiger partial charge on any atom is 0.326 e. The second-order valence-corrected chi connectivity index (χ2v) is 2.91. The van der Waals surface area contributed by atoms with Gasteiger partial charge in [-0.15, -0.1) is 0 Å². The van der Waals surface area contributed by atoms with Gasteiger partial charge in [0.25, 0.3) is 0 Å². The lowest BCUT2D eigenvalue weighted by atomic mass is 10.4. The average Bonchev–Trinajstić information content (AvgIpc) is 2.36. The molecule has 1 rings (SSSR count). The van der Waals surface area contributed by atoms with Gasteiger partial charge in [-0.1, -0.05) is 0 Å². The number of aliphatic hydroxyl groups is 3. The van der Waals surface area contributed by atoms with Crippen molar-refractivity contribution in [1.29, 1.82) is 0 Å². The van der Waals surface area contributed by atoms with E-state index in [1.54, 1.807) is 0 Å². The fraction of sp³-hybridized carbons (Fsp3) is 0.857. The summed E-state index contributed by atoms with van der Waals surface area (Å²) in [6.45, 7) is -0.382. The molecule has 0 aromatic rings. The third-order valence-corrected chi connectivity index (χ3v) is 2.01. The lowest BCUT2D eigenvalue weighted by molar-refractivity contribution is -0.0872. The molecule has 1 heterocycles. The van der Waals surface area contributed by atoms with Crippen LogP contribution in [0.1, 0.15) is 0 Å². The Morgan fingerprint density at radius 2 is 1.93 bits per heavy atom. The normalized spacial score (nSPS) is 27.6. The Hall–Kier alpha value is -0.890. The molecule has 1 aliphatic heterocycles. The highest BCUT2D eigenvalue weighted by Gasteiger charge is 2.43. The molecule has 0 aromatic heterocycles. The fourth-order valence-electron chi connectivity index (χ4n) is 1.32. The summed E-state index contributed by atoms with van der Waals surface area (Å²) in [5.74, 6) is 0. The van der Waals surface area contributed by atoms with Gasteiger partial charge in [0.05, 0.1) is 6.61 Å². The van der Waals surface area contributed by atoms with Gasteiger partial charge in [0.2, 0.25) is 0 Å². The molecule has 2 atom stereocenters. The van der Waals surface area contributed by atoms with Crippen molar-refractivity contribution in [3.8, 4) is 0 Å². The Balaban J connectivity index is 2.69. The van der Waals surface area contributed by atoms with Gasteiger partial charge in [-0.2, -0.15) is 0 Å². The van der Waals surface area contributed by atoms with Crippen LogP contribution in [0.2, 0.25) is 0 Å². The minimum Gasteiger partial charge on any atom is -0.395 e. The van der Waals surface area contributed by atoms with Crippen molar-refractivity contribution in [1.82, 2.24) is 9.80 Å². The third kappa shape index (κ3) is 1.80. The van der Waals surface area contributed by atoms with E-state index in [-0.39, 0.29) is 19.9 Å². The molecule has 2 amide bonds. The van der Waals surface area contributed by atoms with Gasteiger partial charge in [0, 0.05) is 13.7 Å². The monoisotopic (exact) mass is 206 g/mol. The second-order valence-electron chi connectivity index (χ2n) is 2.91. The van der Waals surface area contributed by atoms with Gasteiger partial charge in [-0.05, 0) is 0 Å². The minimum absolute atomic E-state index is 0.0166. The van der Waals surface area contributed by atoms with Crippen LogP contribution in [0.25, 0.3) is 0 Å².